The summed E-state index contributed by atoms with van der Waals surface area (Å²) >= 11 is 1.48. The van der Waals surface area contributed by atoms with Gasteiger partial charge >= 0.3 is 5.97 Å². The third-order valence-electron chi connectivity index (χ3n) is 2.89. The van der Waals surface area contributed by atoms with Crippen molar-refractivity contribution in [2.45, 2.75) is 6.04 Å². The minimum atomic E-state index is -1.06. The molecule has 1 unspecified atom stereocenters. The van der Waals surface area contributed by atoms with Crippen molar-refractivity contribution < 1.29 is 24.9 Å². The molecule has 0 aliphatic carbocycles. The fraction of sp³-hybridized carbons (Fsp3) is 0.333. The fourth-order valence-corrected chi connectivity index (χ4v) is 2.95. The Bertz CT molecular complexity index is 519. The number of thioether (sulfide) groups is 1. The average molecular weight is 283 g/mol. The van der Waals surface area contributed by atoms with Crippen LogP contribution in [0.4, 0.5) is 0 Å². The van der Waals surface area contributed by atoms with Crippen LogP contribution in [-0.2, 0) is 4.79 Å². The lowest BCUT2D eigenvalue weighted by Gasteiger charge is -2.32. The number of hydrogen-bond donors (Lipinski definition) is 3. The molecule has 1 atom stereocenters. The van der Waals surface area contributed by atoms with E-state index in [1.807, 2.05) is 0 Å². The van der Waals surface area contributed by atoms with E-state index in [4.69, 9.17) is 5.11 Å². The van der Waals surface area contributed by atoms with Crippen LogP contribution in [0.25, 0.3) is 0 Å². The average Bonchev–Trinajstić information content (AvgIpc) is 2.38. The Morgan fingerprint density at radius 3 is 2.68 bits per heavy atom. The molecule has 6 nitrogen and oxygen atoms in total. The van der Waals surface area contributed by atoms with Crippen LogP contribution in [-0.4, -0.2) is 56.2 Å². The van der Waals surface area contributed by atoms with Crippen molar-refractivity contribution in [3.63, 3.8) is 0 Å². The monoisotopic (exact) mass is 283 g/mol. The second-order valence-corrected chi connectivity index (χ2v) is 5.28. The highest BCUT2D eigenvalue weighted by atomic mass is 32.2. The van der Waals surface area contributed by atoms with Gasteiger partial charge in [-0.3, -0.25) is 4.79 Å². The first kappa shape index (κ1) is 13.5. The molecule has 1 aromatic carbocycles. The minimum Gasteiger partial charge on any atom is -0.508 e. The lowest BCUT2D eigenvalue weighted by molar-refractivity contribution is -0.141. The molecule has 19 heavy (non-hydrogen) atoms. The fourth-order valence-electron chi connectivity index (χ4n) is 1.91. The van der Waals surface area contributed by atoms with Crippen LogP contribution in [0.1, 0.15) is 10.4 Å². The zero-order chi connectivity index (χ0) is 14.0. The van der Waals surface area contributed by atoms with Crippen molar-refractivity contribution in [3.05, 3.63) is 23.8 Å². The molecule has 1 aromatic rings. The molecule has 102 valence electrons. The van der Waals surface area contributed by atoms with Crippen molar-refractivity contribution >= 4 is 23.6 Å². The van der Waals surface area contributed by atoms with Crippen LogP contribution >= 0.6 is 11.8 Å². The number of carboxylic acid groups (broad SMARTS) is 1. The Kier molecular flexibility index (Phi) is 3.84. The third-order valence-corrected chi connectivity index (χ3v) is 3.91. The largest absolute Gasteiger partial charge is 0.508 e. The van der Waals surface area contributed by atoms with Crippen molar-refractivity contribution in [1.29, 1.82) is 0 Å². The zero-order valence-corrected chi connectivity index (χ0v) is 10.8. The molecular weight excluding hydrogens is 270 g/mol. The number of carboxylic acids is 1. The van der Waals surface area contributed by atoms with E-state index in [-0.39, 0.29) is 17.1 Å². The number of rotatable bonds is 2. The summed E-state index contributed by atoms with van der Waals surface area (Å²) in [5.41, 5.74) is -0.00375. The number of nitrogens with zero attached hydrogens (tertiary/aromatic N) is 1. The van der Waals surface area contributed by atoms with E-state index in [1.54, 1.807) is 0 Å². The normalized spacial score (nSPS) is 19.2. The smallest absolute Gasteiger partial charge is 0.327 e. The number of hydrogen-bond acceptors (Lipinski definition) is 5. The van der Waals surface area contributed by atoms with Crippen LogP contribution < -0.4 is 0 Å². The van der Waals surface area contributed by atoms with Gasteiger partial charge in [0.15, 0.2) is 0 Å². The molecule has 0 saturated carbocycles. The second kappa shape index (κ2) is 5.40. The van der Waals surface area contributed by atoms with Gasteiger partial charge in [-0.15, -0.1) is 0 Å². The summed E-state index contributed by atoms with van der Waals surface area (Å²) in [7, 11) is 0. The molecule has 0 spiro atoms. The number of phenolic OH excluding ortho intramolecular Hbond substituents is 2. The van der Waals surface area contributed by atoms with Crippen molar-refractivity contribution in [2.24, 2.45) is 0 Å². The van der Waals surface area contributed by atoms with Crippen LogP contribution in [0.15, 0.2) is 18.2 Å². The van der Waals surface area contributed by atoms with Gasteiger partial charge in [0, 0.05) is 24.1 Å². The molecule has 0 aromatic heterocycles. The van der Waals surface area contributed by atoms with Gasteiger partial charge in [-0.25, -0.2) is 4.79 Å². The topological polar surface area (TPSA) is 98.1 Å². The van der Waals surface area contributed by atoms with E-state index in [0.717, 1.165) is 6.07 Å². The Hall–Kier alpha value is -1.89. The van der Waals surface area contributed by atoms with Gasteiger partial charge in [0.2, 0.25) is 0 Å². The summed E-state index contributed by atoms with van der Waals surface area (Å²) in [4.78, 5) is 24.6. The molecule has 1 saturated heterocycles. The molecule has 3 N–H and O–H groups in total. The number of benzene rings is 1. The molecule has 7 heteroatoms. The summed E-state index contributed by atoms with van der Waals surface area (Å²) in [6.07, 6.45) is 0. The molecule has 1 amide bonds. The van der Waals surface area contributed by atoms with E-state index in [0.29, 0.717) is 18.1 Å². The van der Waals surface area contributed by atoms with Gasteiger partial charge in [0.25, 0.3) is 5.91 Å². The van der Waals surface area contributed by atoms with E-state index >= 15 is 0 Å². The first-order valence-electron chi connectivity index (χ1n) is 5.64. The van der Waals surface area contributed by atoms with Crippen LogP contribution in [0, 0.1) is 0 Å². The zero-order valence-electron chi connectivity index (χ0n) is 9.94. The molecule has 0 bridgehead atoms. The Labute approximate surface area is 113 Å². The van der Waals surface area contributed by atoms with Gasteiger partial charge in [-0.2, -0.15) is 11.8 Å². The lowest BCUT2D eigenvalue weighted by Crippen LogP contribution is -2.50. The van der Waals surface area contributed by atoms with Crippen LogP contribution in [0.3, 0.4) is 0 Å². The first-order valence-corrected chi connectivity index (χ1v) is 6.79. The second-order valence-electron chi connectivity index (χ2n) is 4.13. The van der Waals surface area contributed by atoms with Gasteiger partial charge < -0.3 is 20.2 Å². The molecule has 1 heterocycles. The van der Waals surface area contributed by atoms with Crippen LogP contribution in [0.2, 0.25) is 0 Å². The number of aliphatic carboxylic acids is 1. The maximum atomic E-state index is 12.3. The molecule has 1 aliphatic heterocycles. The maximum Gasteiger partial charge on any atom is 0.327 e. The quantitative estimate of drug-likeness (QED) is 0.740. The van der Waals surface area contributed by atoms with E-state index in [2.05, 4.69) is 0 Å². The molecule has 2 rings (SSSR count). The minimum absolute atomic E-state index is 0.00375. The lowest BCUT2D eigenvalue weighted by atomic mass is 10.1. The van der Waals surface area contributed by atoms with Crippen molar-refractivity contribution in [1.82, 2.24) is 4.90 Å². The molecule has 0 radical (unpaired) electrons. The first-order chi connectivity index (χ1) is 9.00. The molecule has 1 aliphatic rings. The number of carbonyl (C=O) groups is 2. The highest BCUT2D eigenvalue weighted by Crippen LogP contribution is 2.26. The predicted octanol–water partition coefficient (Wildman–Crippen LogP) is 0.740. The molecule has 1 fully saturated rings. The highest BCUT2D eigenvalue weighted by molar-refractivity contribution is 7.99. The molecular formula is C12H13NO5S. The number of carbonyl (C=O) groups excluding carboxylic acids is 1. The Balaban J connectivity index is 2.28. The summed E-state index contributed by atoms with van der Waals surface area (Å²) < 4.78 is 0. The summed E-state index contributed by atoms with van der Waals surface area (Å²) in [6, 6.07) is 2.73. The number of aromatic hydroxyl groups is 2. The Morgan fingerprint density at radius 1 is 1.32 bits per heavy atom. The van der Waals surface area contributed by atoms with Crippen molar-refractivity contribution in [2.75, 3.05) is 18.1 Å². The SMILES string of the molecule is O=C(O)C1CSCCN1C(=O)c1ccc(O)cc1O. The van der Waals surface area contributed by atoms with Gasteiger partial charge in [-0.1, -0.05) is 0 Å². The van der Waals surface area contributed by atoms with E-state index in [1.165, 1.54) is 28.8 Å². The third kappa shape index (κ3) is 2.76. The van der Waals surface area contributed by atoms with Crippen molar-refractivity contribution in [3.8, 4) is 11.5 Å². The number of amides is 1. The van der Waals surface area contributed by atoms with Gasteiger partial charge in [0.1, 0.15) is 17.5 Å². The Morgan fingerprint density at radius 2 is 2.05 bits per heavy atom. The van der Waals surface area contributed by atoms with Gasteiger partial charge in [-0.05, 0) is 12.1 Å². The summed E-state index contributed by atoms with van der Waals surface area (Å²) in [6.45, 7) is 0.320. The summed E-state index contributed by atoms with van der Waals surface area (Å²) in [5, 5.41) is 28.0. The maximum absolute atomic E-state index is 12.3. The number of phenols is 2. The van der Waals surface area contributed by atoms with E-state index in [9.17, 15) is 19.8 Å². The standard InChI is InChI=1S/C12H13NO5S/c14-7-1-2-8(10(15)5-7)11(16)13-3-4-19-6-9(13)12(17)18/h1-2,5,9,14-15H,3-4,6H2,(H,17,18). The van der Waals surface area contributed by atoms with Crippen LogP contribution in [0.5, 0.6) is 11.5 Å². The summed E-state index contributed by atoms with van der Waals surface area (Å²) in [5.74, 6) is -1.11. The predicted molar refractivity (Wildman–Crippen MR) is 69.6 cm³/mol. The van der Waals surface area contributed by atoms with E-state index < -0.39 is 17.9 Å². The van der Waals surface area contributed by atoms with Gasteiger partial charge in [0.05, 0.1) is 5.56 Å². The highest BCUT2D eigenvalue weighted by Gasteiger charge is 2.33.